The Hall–Kier alpha value is -1.65. The summed E-state index contributed by atoms with van der Waals surface area (Å²) in [6.45, 7) is 4.93. The van der Waals surface area contributed by atoms with Crippen LogP contribution in [0.25, 0.3) is 11.3 Å². The van der Waals surface area contributed by atoms with Crippen LogP contribution in [0.3, 0.4) is 0 Å². The standard InChI is InChI=1S/C17H20N2O2/c1-17(2)16(20-3)13(9-21-17)15-12-7-5-4-6-11(12)14-8-18-10-19(14)15/h4-8,10,13,15-16H,9H2,1-3H3/t13-,15-,16-/m1/s1. The van der Waals surface area contributed by atoms with E-state index in [4.69, 9.17) is 9.47 Å². The molecule has 1 aromatic carbocycles. The summed E-state index contributed by atoms with van der Waals surface area (Å²) in [5.74, 6) is 0.293. The molecular formula is C17H20N2O2. The first-order valence-corrected chi connectivity index (χ1v) is 7.41. The van der Waals surface area contributed by atoms with Gasteiger partial charge in [0, 0.05) is 18.6 Å². The molecule has 3 heterocycles. The molecule has 4 rings (SSSR count). The zero-order valence-electron chi connectivity index (χ0n) is 12.6. The number of fused-ring (bicyclic) bond motifs is 3. The van der Waals surface area contributed by atoms with Gasteiger partial charge in [-0.3, -0.25) is 0 Å². The highest BCUT2D eigenvalue weighted by molar-refractivity contribution is 5.69. The Morgan fingerprint density at radius 3 is 2.95 bits per heavy atom. The quantitative estimate of drug-likeness (QED) is 0.851. The third-order valence-corrected chi connectivity index (χ3v) is 4.90. The minimum absolute atomic E-state index is 0.0731. The minimum atomic E-state index is -0.252. The molecule has 4 heteroatoms. The van der Waals surface area contributed by atoms with Gasteiger partial charge in [0.05, 0.1) is 42.6 Å². The molecule has 21 heavy (non-hydrogen) atoms. The van der Waals surface area contributed by atoms with Crippen molar-refractivity contribution in [2.45, 2.75) is 31.6 Å². The summed E-state index contributed by atoms with van der Waals surface area (Å²) >= 11 is 0. The molecule has 1 aromatic heterocycles. The van der Waals surface area contributed by atoms with Gasteiger partial charge in [0.2, 0.25) is 0 Å². The number of imidazole rings is 1. The summed E-state index contributed by atoms with van der Waals surface area (Å²) in [5.41, 5.74) is 3.57. The fraction of sp³-hybridized carbons (Fsp3) is 0.471. The molecular weight excluding hydrogens is 264 g/mol. The van der Waals surface area contributed by atoms with E-state index in [1.54, 1.807) is 7.11 Å². The number of ether oxygens (including phenoxy) is 2. The normalized spacial score (nSPS) is 29.4. The molecule has 0 spiro atoms. The molecule has 2 aromatic rings. The van der Waals surface area contributed by atoms with Crippen molar-refractivity contribution >= 4 is 0 Å². The number of hydrogen-bond acceptors (Lipinski definition) is 3. The van der Waals surface area contributed by atoms with Crippen LogP contribution in [-0.4, -0.2) is 35.0 Å². The topological polar surface area (TPSA) is 36.3 Å². The fourth-order valence-corrected chi connectivity index (χ4v) is 4.02. The van der Waals surface area contributed by atoms with Crippen LogP contribution >= 0.6 is 0 Å². The Morgan fingerprint density at radius 1 is 1.33 bits per heavy atom. The van der Waals surface area contributed by atoms with Gasteiger partial charge in [-0.1, -0.05) is 24.3 Å². The van der Waals surface area contributed by atoms with Crippen molar-refractivity contribution in [2.24, 2.45) is 5.92 Å². The molecule has 0 aliphatic carbocycles. The summed E-state index contributed by atoms with van der Waals surface area (Å²) in [5, 5.41) is 0. The van der Waals surface area contributed by atoms with Crippen molar-refractivity contribution in [2.75, 3.05) is 13.7 Å². The van der Waals surface area contributed by atoms with Crippen LogP contribution in [0.1, 0.15) is 25.5 Å². The first-order chi connectivity index (χ1) is 10.1. The summed E-state index contributed by atoms with van der Waals surface area (Å²) < 4.78 is 14.1. The van der Waals surface area contributed by atoms with E-state index in [0.29, 0.717) is 12.5 Å². The van der Waals surface area contributed by atoms with Crippen LogP contribution in [-0.2, 0) is 9.47 Å². The van der Waals surface area contributed by atoms with E-state index in [2.05, 4.69) is 47.7 Å². The third-order valence-electron chi connectivity index (χ3n) is 4.90. The maximum Gasteiger partial charge on any atom is 0.0956 e. The van der Waals surface area contributed by atoms with Gasteiger partial charge in [-0.15, -0.1) is 0 Å². The third kappa shape index (κ3) is 1.72. The predicted molar refractivity (Wildman–Crippen MR) is 80.1 cm³/mol. The monoisotopic (exact) mass is 284 g/mol. The SMILES string of the molecule is CO[C@@H]1[C@@H]([C@H]2c3ccccc3-c3cncn32)COC1(C)C. The number of hydrogen-bond donors (Lipinski definition) is 0. The fourth-order valence-electron chi connectivity index (χ4n) is 4.02. The van der Waals surface area contributed by atoms with Crippen molar-refractivity contribution in [3.8, 4) is 11.3 Å². The Kier molecular flexibility index (Phi) is 2.75. The van der Waals surface area contributed by atoms with E-state index in [1.165, 1.54) is 16.8 Å². The van der Waals surface area contributed by atoms with Gasteiger partial charge < -0.3 is 14.0 Å². The van der Waals surface area contributed by atoms with Crippen molar-refractivity contribution in [3.63, 3.8) is 0 Å². The first kappa shape index (κ1) is 13.0. The van der Waals surface area contributed by atoms with Gasteiger partial charge in [0.25, 0.3) is 0 Å². The molecule has 4 nitrogen and oxygen atoms in total. The van der Waals surface area contributed by atoms with Crippen LogP contribution in [0.4, 0.5) is 0 Å². The second-order valence-corrected chi connectivity index (χ2v) is 6.45. The first-order valence-electron chi connectivity index (χ1n) is 7.41. The highest BCUT2D eigenvalue weighted by Crippen LogP contribution is 2.48. The molecule has 110 valence electrons. The Labute approximate surface area is 124 Å². The molecule has 2 aliphatic rings. The highest BCUT2D eigenvalue weighted by atomic mass is 16.6. The summed E-state index contributed by atoms with van der Waals surface area (Å²) in [7, 11) is 1.78. The summed E-state index contributed by atoms with van der Waals surface area (Å²) in [6.07, 6.45) is 3.95. The Balaban J connectivity index is 1.83. The molecule has 0 unspecified atom stereocenters. The maximum absolute atomic E-state index is 6.02. The summed E-state index contributed by atoms with van der Waals surface area (Å²) in [4.78, 5) is 4.33. The molecule has 3 atom stereocenters. The molecule has 0 amide bonds. The molecule has 0 N–H and O–H groups in total. The Morgan fingerprint density at radius 2 is 2.14 bits per heavy atom. The molecule has 1 saturated heterocycles. The van der Waals surface area contributed by atoms with Gasteiger partial charge in [-0.05, 0) is 19.4 Å². The Bertz CT molecular complexity index is 677. The number of rotatable bonds is 2. The highest BCUT2D eigenvalue weighted by Gasteiger charge is 2.49. The van der Waals surface area contributed by atoms with Gasteiger partial charge in [0.1, 0.15) is 0 Å². The van der Waals surface area contributed by atoms with Crippen molar-refractivity contribution in [1.82, 2.24) is 9.55 Å². The van der Waals surface area contributed by atoms with E-state index in [1.807, 2.05) is 12.5 Å². The lowest BCUT2D eigenvalue weighted by molar-refractivity contribution is -0.0522. The van der Waals surface area contributed by atoms with Gasteiger partial charge in [-0.25, -0.2) is 4.98 Å². The van der Waals surface area contributed by atoms with E-state index >= 15 is 0 Å². The van der Waals surface area contributed by atoms with Gasteiger partial charge in [-0.2, -0.15) is 0 Å². The van der Waals surface area contributed by atoms with Crippen molar-refractivity contribution in [3.05, 3.63) is 42.4 Å². The zero-order chi connectivity index (χ0) is 14.6. The lowest BCUT2D eigenvalue weighted by Crippen LogP contribution is -2.39. The maximum atomic E-state index is 6.02. The molecule has 0 saturated carbocycles. The average molecular weight is 284 g/mol. The van der Waals surface area contributed by atoms with Gasteiger partial charge >= 0.3 is 0 Å². The number of nitrogens with zero attached hydrogens (tertiary/aromatic N) is 2. The predicted octanol–water partition coefficient (Wildman–Crippen LogP) is 2.89. The van der Waals surface area contributed by atoms with E-state index in [9.17, 15) is 0 Å². The van der Waals surface area contributed by atoms with Crippen LogP contribution in [0, 0.1) is 5.92 Å². The van der Waals surface area contributed by atoms with Crippen molar-refractivity contribution < 1.29 is 9.47 Å². The smallest absolute Gasteiger partial charge is 0.0956 e. The number of methoxy groups -OCH3 is 1. The molecule has 0 radical (unpaired) electrons. The van der Waals surface area contributed by atoms with Crippen molar-refractivity contribution in [1.29, 1.82) is 0 Å². The second-order valence-electron chi connectivity index (χ2n) is 6.45. The molecule has 2 aliphatic heterocycles. The van der Waals surface area contributed by atoms with Gasteiger partial charge in [0.15, 0.2) is 0 Å². The average Bonchev–Trinajstić information content (AvgIpc) is 3.11. The largest absolute Gasteiger partial charge is 0.378 e. The molecule has 0 bridgehead atoms. The van der Waals surface area contributed by atoms with Crippen LogP contribution in [0.15, 0.2) is 36.8 Å². The minimum Gasteiger partial charge on any atom is -0.378 e. The lowest BCUT2D eigenvalue weighted by Gasteiger charge is -2.31. The number of benzene rings is 1. The van der Waals surface area contributed by atoms with Crippen LogP contribution < -0.4 is 0 Å². The van der Waals surface area contributed by atoms with E-state index < -0.39 is 0 Å². The number of aromatic nitrogens is 2. The zero-order valence-corrected chi connectivity index (χ0v) is 12.6. The lowest BCUT2D eigenvalue weighted by atomic mass is 9.85. The summed E-state index contributed by atoms with van der Waals surface area (Å²) in [6, 6.07) is 8.82. The van der Waals surface area contributed by atoms with E-state index in [-0.39, 0.29) is 17.7 Å². The molecule has 1 fully saturated rings. The van der Waals surface area contributed by atoms with E-state index in [0.717, 1.165) is 0 Å². The van der Waals surface area contributed by atoms with Crippen LogP contribution in [0.5, 0.6) is 0 Å². The second kappa shape index (κ2) is 4.42. The van der Waals surface area contributed by atoms with Crippen LogP contribution in [0.2, 0.25) is 0 Å².